The van der Waals surface area contributed by atoms with Crippen LogP contribution in [0.5, 0.6) is 0 Å². The van der Waals surface area contributed by atoms with Crippen LogP contribution in [0.4, 0.5) is 10.7 Å². The van der Waals surface area contributed by atoms with E-state index in [4.69, 9.17) is 16.3 Å². The van der Waals surface area contributed by atoms with Gasteiger partial charge in [-0.1, -0.05) is 11.6 Å². The lowest BCUT2D eigenvalue weighted by Crippen LogP contribution is -2.49. The van der Waals surface area contributed by atoms with Gasteiger partial charge in [-0.15, -0.1) is 0 Å². The summed E-state index contributed by atoms with van der Waals surface area (Å²) in [4.78, 5) is 22.6. The molecule has 7 heteroatoms. The summed E-state index contributed by atoms with van der Waals surface area (Å²) in [6, 6.07) is 0.0716. The van der Waals surface area contributed by atoms with Gasteiger partial charge in [-0.05, 0) is 47.0 Å². The number of nitrogens with zero attached hydrogens (tertiary/aromatic N) is 3. The molecule has 1 atom stereocenters. The van der Waals surface area contributed by atoms with Gasteiger partial charge in [0, 0.05) is 24.8 Å². The van der Waals surface area contributed by atoms with Crippen LogP contribution in [-0.4, -0.2) is 45.7 Å². The predicted octanol–water partition coefficient (Wildman–Crippen LogP) is 3.64. The number of carbonyl (C=O) groups is 1. The summed E-state index contributed by atoms with van der Waals surface area (Å²) in [6.45, 7) is 8.80. The van der Waals surface area contributed by atoms with Gasteiger partial charge in [0.25, 0.3) is 0 Å². The minimum absolute atomic E-state index is 0.0716. The summed E-state index contributed by atoms with van der Waals surface area (Å²) in [7, 11) is 0. The number of piperidine rings is 1. The Morgan fingerprint density at radius 2 is 2.22 bits per heavy atom. The Morgan fingerprint density at radius 3 is 2.87 bits per heavy atom. The molecule has 1 aromatic heterocycles. The van der Waals surface area contributed by atoms with Gasteiger partial charge in [0.15, 0.2) is 0 Å². The molecule has 0 radical (unpaired) electrons. The van der Waals surface area contributed by atoms with E-state index in [9.17, 15) is 4.79 Å². The maximum atomic E-state index is 12.4. The smallest absolute Gasteiger partial charge is 0.410 e. The molecule has 0 aliphatic carbocycles. The van der Waals surface area contributed by atoms with E-state index in [2.05, 4.69) is 15.3 Å². The standard InChI is InChI=1S/C16H25ClN4O2/c1-11-9-18-14(20-13(11)17)19-10-12-7-5-6-8-21(12)15(22)23-16(2,3)4/h9,12H,5-8,10H2,1-4H3,(H,18,19,20)/t12-/m0/s1. The minimum Gasteiger partial charge on any atom is -0.444 e. The number of hydrogen-bond donors (Lipinski definition) is 1. The summed E-state index contributed by atoms with van der Waals surface area (Å²) in [5.74, 6) is 0.482. The Morgan fingerprint density at radius 1 is 1.48 bits per heavy atom. The molecule has 0 saturated carbocycles. The Kier molecular flexibility index (Phi) is 5.68. The predicted molar refractivity (Wildman–Crippen MR) is 90.8 cm³/mol. The number of aryl methyl sites for hydroxylation is 1. The van der Waals surface area contributed by atoms with Crippen LogP contribution >= 0.6 is 11.6 Å². The fourth-order valence-electron chi connectivity index (χ4n) is 2.49. The molecule has 128 valence electrons. The van der Waals surface area contributed by atoms with Crippen molar-refractivity contribution in [3.63, 3.8) is 0 Å². The van der Waals surface area contributed by atoms with Gasteiger partial charge in [-0.25, -0.2) is 14.8 Å². The average Bonchev–Trinajstić information content (AvgIpc) is 2.47. The maximum Gasteiger partial charge on any atom is 0.410 e. The van der Waals surface area contributed by atoms with Crippen LogP contribution in [-0.2, 0) is 4.74 Å². The first kappa shape index (κ1) is 17.8. The van der Waals surface area contributed by atoms with Gasteiger partial charge in [0.05, 0.1) is 6.04 Å². The molecule has 1 fully saturated rings. The Hall–Kier alpha value is -1.56. The Labute approximate surface area is 142 Å². The Balaban J connectivity index is 1.98. The number of hydrogen-bond acceptors (Lipinski definition) is 5. The highest BCUT2D eigenvalue weighted by atomic mass is 35.5. The molecular formula is C16H25ClN4O2. The maximum absolute atomic E-state index is 12.4. The second-order valence-corrected chi connectivity index (χ2v) is 7.23. The summed E-state index contributed by atoms with van der Waals surface area (Å²) >= 11 is 6.01. The third kappa shape index (κ3) is 5.23. The number of halogens is 1. The van der Waals surface area contributed by atoms with Crippen LogP contribution < -0.4 is 5.32 Å². The van der Waals surface area contributed by atoms with Crippen LogP contribution in [0.1, 0.15) is 45.6 Å². The number of carbonyl (C=O) groups excluding carboxylic acids is 1. The first-order valence-corrected chi connectivity index (χ1v) is 8.37. The van der Waals surface area contributed by atoms with Crippen LogP contribution in [0.3, 0.4) is 0 Å². The molecule has 1 aromatic rings. The lowest BCUT2D eigenvalue weighted by atomic mass is 10.0. The zero-order valence-electron chi connectivity index (χ0n) is 14.2. The first-order chi connectivity index (χ1) is 10.8. The fourth-order valence-corrected chi connectivity index (χ4v) is 2.62. The van der Waals surface area contributed by atoms with Crippen molar-refractivity contribution < 1.29 is 9.53 Å². The summed E-state index contributed by atoms with van der Waals surface area (Å²) in [5.41, 5.74) is 0.352. The van der Waals surface area contributed by atoms with E-state index in [1.807, 2.05) is 27.7 Å². The summed E-state index contributed by atoms with van der Waals surface area (Å²) < 4.78 is 5.50. The van der Waals surface area contributed by atoms with E-state index >= 15 is 0 Å². The van der Waals surface area contributed by atoms with Gasteiger partial charge >= 0.3 is 6.09 Å². The zero-order chi connectivity index (χ0) is 17.0. The summed E-state index contributed by atoms with van der Waals surface area (Å²) in [5, 5.41) is 3.61. The van der Waals surface area contributed by atoms with Crippen LogP contribution in [0.25, 0.3) is 0 Å². The fraction of sp³-hybridized carbons (Fsp3) is 0.688. The monoisotopic (exact) mass is 340 g/mol. The third-order valence-electron chi connectivity index (χ3n) is 3.66. The average molecular weight is 341 g/mol. The van der Waals surface area contributed by atoms with Gasteiger partial charge in [0.2, 0.25) is 5.95 Å². The molecule has 1 saturated heterocycles. The van der Waals surface area contributed by atoms with Crippen LogP contribution in [0, 0.1) is 6.92 Å². The topological polar surface area (TPSA) is 67.4 Å². The van der Waals surface area contributed by atoms with E-state index in [0.717, 1.165) is 31.4 Å². The number of rotatable bonds is 3. The van der Waals surface area contributed by atoms with Gasteiger partial charge < -0.3 is 15.0 Å². The molecule has 1 aliphatic rings. The van der Waals surface area contributed by atoms with Crippen molar-refractivity contribution >= 4 is 23.6 Å². The quantitative estimate of drug-likeness (QED) is 0.851. The molecule has 0 spiro atoms. The number of ether oxygens (including phenoxy) is 1. The van der Waals surface area contributed by atoms with Crippen molar-refractivity contribution in [2.75, 3.05) is 18.4 Å². The lowest BCUT2D eigenvalue weighted by molar-refractivity contribution is 0.0114. The molecule has 6 nitrogen and oxygen atoms in total. The highest BCUT2D eigenvalue weighted by molar-refractivity contribution is 6.30. The van der Waals surface area contributed by atoms with E-state index < -0.39 is 5.60 Å². The molecule has 2 rings (SSSR count). The normalized spacial score (nSPS) is 18.7. The minimum atomic E-state index is -0.486. The van der Waals surface area contributed by atoms with Crippen molar-refractivity contribution in [3.8, 4) is 0 Å². The van der Waals surface area contributed by atoms with Crippen molar-refractivity contribution in [3.05, 3.63) is 16.9 Å². The van der Waals surface area contributed by atoms with Crippen molar-refractivity contribution in [1.82, 2.24) is 14.9 Å². The molecule has 1 N–H and O–H groups in total. The highest BCUT2D eigenvalue weighted by Crippen LogP contribution is 2.21. The second-order valence-electron chi connectivity index (χ2n) is 6.87. The van der Waals surface area contributed by atoms with Gasteiger partial charge in [-0.3, -0.25) is 0 Å². The lowest BCUT2D eigenvalue weighted by Gasteiger charge is -2.36. The molecule has 0 bridgehead atoms. The Bertz CT molecular complexity index is 560. The van der Waals surface area contributed by atoms with Gasteiger partial charge in [-0.2, -0.15) is 0 Å². The SMILES string of the molecule is Cc1cnc(NC[C@@H]2CCCCN2C(=O)OC(C)(C)C)nc1Cl. The number of aromatic nitrogens is 2. The molecule has 1 amide bonds. The van der Waals surface area contributed by atoms with E-state index in [1.165, 1.54) is 0 Å². The molecule has 2 heterocycles. The van der Waals surface area contributed by atoms with Crippen LogP contribution in [0.15, 0.2) is 6.20 Å². The largest absolute Gasteiger partial charge is 0.444 e. The molecule has 0 aromatic carbocycles. The van der Waals surface area contributed by atoms with E-state index in [-0.39, 0.29) is 12.1 Å². The molecule has 1 aliphatic heterocycles. The number of likely N-dealkylation sites (tertiary alicyclic amines) is 1. The zero-order valence-corrected chi connectivity index (χ0v) is 15.0. The highest BCUT2D eigenvalue weighted by Gasteiger charge is 2.30. The van der Waals surface area contributed by atoms with E-state index in [1.54, 1.807) is 11.1 Å². The summed E-state index contributed by atoms with van der Waals surface area (Å²) in [6.07, 6.45) is 4.46. The first-order valence-electron chi connectivity index (χ1n) is 7.99. The molecule has 23 heavy (non-hydrogen) atoms. The second kappa shape index (κ2) is 7.34. The van der Waals surface area contributed by atoms with E-state index in [0.29, 0.717) is 17.6 Å². The van der Waals surface area contributed by atoms with Crippen molar-refractivity contribution in [2.45, 2.75) is 58.6 Å². The van der Waals surface area contributed by atoms with Crippen molar-refractivity contribution in [2.24, 2.45) is 0 Å². The number of amides is 1. The molecule has 0 unspecified atom stereocenters. The molecular weight excluding hydrogens is 316 g/mol. The third-order valence-corrected chi connectivity index (χ3v) is 4.04. The van der Waals surface area contributed by atoms with Crippen molar-refractivity contribution in [1.29, 1.82) is 0 Å². The van der Waals surface area contributed by atoms with Gasteiger partial charge in [0.1, 0.15) is 10.8 Å². The number of nitrogens with one attached hydrogen (secondary N) is 1. The number of anilines is 1. The van der Waals surface area contributed by atoms with Crippen LogP contribution in [0.2, 0.25) is 5.15 Å².